The van der Waals surface area contributed by atoms with Gasteiger partial charge in [-0.2, -0.15) is 13.2 Å². The maximum Gasteiger partial charge on any atom is 0.416 e. The van der Waals surface area contributed by atoms with Gasteiger partial charge in [-0.15, -0.1) is 0 Å². The highest BCUT2D eigenvalue weighted by Crippen LogP contribution is 2.31. The van der Waals surface area contributed by atoms with Gasteiger partial charge in [-0.05, 0) is 41.5 Å². The molecular formula is C21H18F3NO. The molecular weight excluding hydrogens is 339 g/mol. The molecule has 5 heteroatoms. The molecule has 0 saturated carbocycles. The Morgan fingerprint density at radius 2 is 1.31 bits per heavy atom. The van der Waals surface area contributed by atoms with Crippen LogP contribution in [0.25, 0.3) is 0 Å². The molecule has 134 valence electrons. The van der Waals surface area contributed by atoms with Gasteiger partial charge in [-0.3, -0.25) is 0 Å². The number of ether oxygens (including phenoxy) is 1. The van der Waals surface area contributed by atoms with Crippen molar-refractivity contribution in [3.8, 4) is 11.5 Å². The fourth-order valence-electron chi connectivity index (χ4n) is 2.59. The minimum atomic E-state index is -4.34. The highest BCUT2D eigenvalue weighted by molar-refractivity contribution is 5.33. The van der Waals surface area contributed by atoms with Crippen molar-refractivity contribution in [2.45, 2.75) is 19.3 Å². The van der Waals surface area contributed by atoms with Crippen molar-refractivity contribution in [1.29, 1.82) is 0 Å². The average Bonchev–Trinajstić information content (AvgIpc) is 2.64. The summed E-state index contributed by atoms with van der Waals surface area (Å²) < 4.78 is 44.7. The Balaban J connectivity index is 1.56. The average molecular weight is 357 g/mol. The smallest absolute Gasteiger partial charge is 0.416 e. The number of halogens is 3. The third kappa shape index (κ3) is 4.86. The second-order valence-corrected chi connectivity index (χ2v) is 5.82. The molecule has 0 aliphatic heterocycles. The molecule has 0 aliphatic carbocycles. The number of nitrogens with one attached hydrogen (secondary N) is 1. The van der Waals surface area contributed by atoms with Crippen LogP contribution in [0.2, 0.25) is 0 Å². The Labute approximate surface area is 150 Å². The fourth-order valence-corrected chi connectivity index (χ4v) is 2.59. The van der Waals surface area contributed by atoms with Crippen molar-refractivity contribution in [2.75, 3.05) is 0 Å². The molecule has 0 heterocycles. The van der Waals surface area contributed by atoms with Crippen LogP contribution in [-0.2, 0) is 19.3 Å². The summed E-state index contributed by atoms with van der Waals surface area (Å²) >= 11 is 0. The number of hydrogen-bond acceptors (Lipinski definition) is 2. The monoisotopic (exact) mass is 357 g/mol. The number of para-hydroxylation sites is 1. The topological polar surface area (TPSA) is 21.3 Å². The molecule has 26 heavy (non-hydrogen) atoms. The van der Waals surface area contributed by atoms with Crippen LogP contribution in [-0.4, -0.2) is 0 Å². The molecule has 3 aromatic carbocycles. The van der Waals surface area contributed by atoms with Gasteiger partial charge in [0.25, 0.3) is 0 Å². The first-order valence-electron chi connectivity index (χ1n) is 8.20. The molecule has 0 radical (unpaired) electrons. The molecule has 0 aliphatic rings. The Morgan fingerprint density at radius 3 is 2.00 bits per heavy atom. The largest absolute Gasteiger partial charge is 0.457 e. The molecule has 2 nitrogen and oxygen atoms in total. The quantitative estimate of drug-likeness (QED) is 0.603. The van der Waals surface area contributed by atoms with Crippen molar-refractivity contribution in [2.24, 2.45) is 0 Å². The molecule has 3 rings (SSSR count). The number of alkyl halides is 3. The van der Waals surface area contributed by atoms with Gasteiger partial charge in [-0.1, -0.05) is 48.5 Å². The van der Waals surface area contributed by atoms with Crippen LogP contribution in [0.1, 0.15) is 16.7 Å². The van der Waals surface area contributed by atoms with Crippen LogP contribution in [0.15, 0.2) is 78.9 Å². The van der Waals surface area contributed by atoms with Crippen molar-refractivity contribution in [3.05, 3.63) is 95.6 Å². The van der Waals surface area contributed by atoms with Crippen LogP contribution < -0.4 is 10.1 Å². The van der Waals surface area contributed by atoms with E-state index in [0.29, 0.717) is 12.3 Å². The Kier molecular flexibility index (Phi) is 5.58. The molecule has 0 aromatic heterocycles. The van der Waals surface area contributed by atoms with Crippen LogP contribution in [0, 0.1) is 0 Å². The predicted octanol–water partition coefficient (Wildman–Crippen LogP) is 5.79. The summed E-state index contributed by atoms with van der Waals surface area (Å²) in [6.07, 6.45) is -4.34. The van der Waals surface area contributed by atoms with E-state index in [2.05, 4.69) is 5.32 Å². The van der Waals surface area contributed by atoms with E-state index in [1.165, 1.54) is 12.1 Å². The SMILES string of the molecule is FC(F)(F)c1ccccc1CNCc1ccc(Oc2ccccc2)cc1. The Bertz CT molecular complexity index is 830. The summed E-state index contributed by atoms with van der Waals surface area (Å²) in [5.41, 5.74) is 0.609. The normalized spacial score (nSPS) is 11.3. The van der Waals surface area contributed by atoms with E-state index in [1.54, 1.807) is 6.07 Å². The van der Waals surface area contributed by atoms with Gasteiger partial charge >= 0.3 is 6.18 Å². The zero-order valence-electron chi connectivity index (χ0n) is 14.0. The minimum Gasteiger partial charge on any atom is -0.457 e. The predicted molar refractivity (Wildman–Crippen MR) is 94.9 cm³/mol. The lowest BCUT2D eigenvalue weighted by atomic mass is 10.1. The summed E-state index contributed by atoms with van der Waals surface area (Å²) in [7, 11) is 0. The van der Waals surface area contributed by atoms with Crippen molar-refractivity contribution < 1.29 is 17.9 Å². The Morgan fingerprint density at radius 1 is 0.692 bits per heavy atom. The van der Waals surface area contributed by atoms with E-state index in [-0.39, 0.29) is 12.1 Å². The molecule has 0 fully saturated rings. The number of hydrogen-bond donors (Lipinski definition) is 1. The molecule has 1 N–H and O–H groups in total. The first kappa shape index (κ1) is 18.0. The van der Waals surface area contributed by atoms with Gasteiger partial charge in [0, 0.05) is 13.1 Å². The summed E-state index contributed by atoms with van der Waals surface area (Å²) in [6.45, 7) is 0.621. The maximum absolute atomic E-state index is 13.0. The first-order chi connectivity index (χ1) is 12.5. The zero-order chi connectivity index (χ0) is 18.4. The molecule has 0 saturated heterocycles. The lowest BCUT2D eigenvalue weighted by Crippen LogP contribution is -2.17. The van der Waals surface area contributed by atoms with E-state index in [1.807, 2.05) is 54.6 Å². The van der Waals surface area contributed by atoms with Crippen molar-refractivity contribution >= 4 is 0 Å². The highest BCUT2D eigenvalue weighted by Gasteiger charge is 2.32. The molecule has 0 bridgehead atoms. The highest BCUT2D eigenvalue weighted by atomic mass is 19.4. The van der Waals surface area contributed by atoms with Gasteiger partial charge in [0.2, 0.25) is 0 Å². The minimum absolute atomic E-state index is 0.151. The van der Waals surface area contributed by atoms with Gasteiger partial charge in [0.1, 0.15) is 11.5 Å². The van der Waals surface area contributed by atoms with Gasteiger partial charge in [0.15, 0.2) is 0 Å². The van der Waals surface area contributed by atoms with Gasteiger partial charge in [0.05, 0.1) is 5.56 Å². The summed E-state index contributed by atoms with van der Waals surface area (Å²) in [5, 5.41) is 3.06. The van der Waals surface area contributed by atoms with E-state index >= 15 is 0 Å². The summed E-state index contributed by atoms with van der Waals surface area (Å²) in [6, 6.07) is 22.5. The third-order valence-corrected chi connectivity index (χ3v) is 3.87. The van der Waals surface area contributed by atoms with E-state index in [4.69, 9.17) is 4.74 Å². The van der Waals surface area contributed by atoms with E-state index in [9.17, 15) is 13.2 Å². The van der Waals surface area contributed by atoms with Crippen LogP contribution >= 0.6 is 0 Å². The number of rotatable bonds is 6. The summed E-state index contributed by atoms with van der Waals surface area (Å²) in [5.74, 6) is 1.46. The molecule has 0 amide bonds. The van der Waals surface area contributed by atoms with E-state index in [0.717, 1.165) is 17.4 Å². The lowest BCUT2D eigenvalue weighted by molar-refractivity contribution is -0.138. The van der Waals surface area contributed by atoms with Gasteiger partial charge < -0.3 is 10.1 Å². The van der Waals surface area contributed by atoms with Crippen molar-refractivity contribution in [3.63, 3.8) is 0 Å². The van der Waals surface area contributed by atoms with Crippen LogP contribution in [0.3, 0.4) is 0 Å². The third-order valence-electron chi connectivity index (χ3n) is 3.87. The van der Waals surface area contributed by atoms with Gasteiger partial charge in [-0.25, -0.2) is 0 Å². The first-order valence-corrected chi connectivity index (χ1v) is 8.20. The second-order valence-electron chi connectivity index (χ2n) is 5.82. The molecule has 0 spiro atoms. The molecule has 0 atom stereocenters. The Hall–Kier alpha value is -2.79. The van der Waals surface area contributed by atoms with E-state index < -0.39 is 11.7 Å². The van der Waals surface area contributed by atoms with Crippen LogP contribution in [0.4, 0.5) is 13.2 Å². The zero-order valence-corrected chi connectivity index (χ0v) is 14.0. The molecule has 0 unspecified atom stereocenters. The maximum atomic E-state index is 13.0. The standard InChI is InChI=1S/C21H18F3NO/c22-21(23,24)20-9-5-4-6-17(20)15-25-14-16-10-12-19(13-11-16)26-18-7-2-1-3-8-18/h1-13,25H,14-15H2. The van der Waals surface area contributed by atoms with Crippen LogP contribution in [0.5, 0.6) is 11.5 Å². The summed E-state index contributed by atoms with van der Waals surface area (Å²) in [4.78, 5) is 0. The number of benzene rings is 3. The second kappa shape index (κ2) is 8.06. The lowest BCUT2D eigenvalue weighted by Gasteiger charge is -2.13. The molecule has 3 aromatic rings. The van der Waals surface area contributed by atoms with Crippen molar-refractivity contribution in [1.82, 2.24) is 5.32 Å². The fraction of sp³-hybridized carbons (Fsp3) is 0.143.